The number of benzene rings is 1. The molecular formula is C20H28O6. The number of carbonyl (C=O) groups excluding carboxylic acids is 2. The van der Waals surface area contributed by atoms with Crippen LogP contribution in [-0.2, 0) is 35.1 Å². The molecular weight excluding hydrogens is 336 g/mol. The van der Waals surface area contributed by atoms with E-state index in [2.05, 4.69) is 0 Å². The van der Waals surface area contributed by atoms with Crippen LogP contribution in [0.5, 0.6) is 0 Å². The van der Waals surface area contributed by atoms with E-state index in [1.807, 2.05) is 30.3 Å². The van der Waals surface area contributed by atoms with Crippen molar-refractivity contribution in [3.63, 3.8) is 0 Å². The molecule has 1 aliphatic heterocycles. The van der Waals surface area contributed by atoms with Crippen LogP contribution < -0.4 is 0 Å². The number of ether oxygens (including phenoxy) is 4. The van der Waals surface area contributed by atoms with Crippen molar-refractivity contribution in [2.75, 3.05) is 19.8 Å². The maximum Gasteiger partial charge on any atom is 0.313 e. The van der Waals surface area contributed by atoms with Crippen LogP contribution in [0.1, 0.15) is 44.6 Å². The van der Waals surface area contributed by atoms with E-state index in [0.717, 1.165) is 24.8 Å². The van der Waals surface area contributed by atoms with Crippen LogP contribution in [0.2, 0.25) is 0 Å². The van der Waals surface area contributed by atoms with Gasteiger partial charge in [-0.3, -0.25) is 9.59 Å². The van der Waals surface area contributed by atoms with E-state index in [9.17, 15) is 9.59 Å². The minimum atomic E-state index is -0.504. The number of carbonyl (C=O) groups is 2. The topological polar surface area (TPSA) is 71.1 Å². The third kappa shape index (κ3) is 8.08. The molecule has 0 spiro atoms. The van der Waals surface area contributed by atoms with Crippen molar-refractivity contribution in [3.05, 3.63) is 35.9 Å². The lowest BCUT2D eigenvalue weighted by molar-refractivity contribution is -0.199. The number of hydrogen-bond donors (Lipinski definition) is 0. The SMILES string of the molecule is CCOC(=O)CC(=O)C[C@@H](COCc1ccccc1)O[C@H]1CCCCO1. The fraction of sp³-hybridized carbons (Fsp3) is 0.600. The number of ketones is 1. The Hall–Kier alpha value is -1.76. The van der Waals surface area contributed by atoms with Gasteiger partial charge in [-0.15, -0.1) is 0 Å². The molecule has 0 aromatic heterocycles. The summed E-state index contributed by atoms with van der Waals surface area (Å²) >= 11 is 0. The highest BCUT2D eigenvalue weighted by molar-refractivity contribution is 5.95. The molecule has 1 aromatic carbocycles. The van der Waals surface area contributed by atoms with Gasteiger partial charge >= 0.3 is 5.97 Å². The smallest absolute Gasteiger partial charge is 0.313 e. The molecule has 1 saturated heterocycles. The Morgan fingerprint density at radius 2 is 2.04 bits per heavy atom. The Morgan fingerprint density at radius 1 is 1.23 bits per heavy atom. The Labute approximate surface area is 154 Å². The summed E-state index contributed by atoms with van der Waals surface area (Å²) < 4.78 is 22.1. The van der Waals surface area contributed by atoms with Gasteiger partial charge in [-0.25, -0.2) is 0 Å². The molecule has 2 atom stereocenters. The normalized spacial score (nSPS) is 18.3. The second-order valence-electron chi connectivity index (χ2n) is 6.28. The number of esters is 1. The summed E-state index contributed by atoms with van der Waals surface area (Å²) in [5.41, 5.74) is 1.05. The molecule has 6 nitrogen and oxygen atoms in total. The second kappa shape index (κ2) is 11.8. The molecule has 0 unspecified atom stereocenters. The van der Waals surface area contributed by atoms with E-state index in [0.29, 0.717) is 13.2 Å². The molecule has 144 valence electrons. The predicted octanol–water partition coefficient (Wildman–Crippen LogP) is 3.03. The van der Waals surface area contributed by atoms with Crippen molar-refractivity contribution in [1.82, 2.24) is 0 Å². The Kier molecular flexibility index (Phi) is 9.31. The van der Waals surface area contributed by atoms with Crippen molar-refractivity contribution in [3.8, 4) is 0 Å². The van der Waals surface area contributed by atoms with E-state index in [1.165, 1.54) is 0 Å². The molecule has 0 amide bonds. The van der Waals surface area contributed by atoms with E-state index in [4.69, 9.17) is 18.9 Å². The van der Waals surface area contributed by atoms with Gasteiger partial charge in [-0.05, 0) is 31.7 Å². The zero-order valence-corrected chi connectivity index (χ0v) is 15.4. The summed E-state index contributed by atoms with van der Waals surface area (Å²) in [6.07, 6.45) is 1.98. The first kappa shape index (κ1) is 20.6. The fourth-order valence-corrected chi connectivity index (χ4v) is 2.76. The van der Waals surface area contributed by atoms with E-state index >= 15 is 0 Å². The van der Waals surface area contributed by atoms with Crippen molar-refractivity contribution in [2.45, 2.75) is 58.0 Å². The van der Waals surface area contributed by atoms with Gasteiger partial charge in [0.1, 0.15) is 12.2 Å². The first-order valence-electron chi connectivity index (χ1n) is 9.23. The Bertz CT molecular complexity index is 538. The summed E-state index contributed by atoms with van der Waals surface area (Å²) in [6.45, 7) is 3.36. The van der Waals surface area contributed by atoms with Crippen LogP contribution in [0.3, 0.4) is 0 Å². The molecule has 1 heterocycles. The summed E-state index contributed by atoms with van der Waals surface area (Å²) in [4.78, 5) is 23.6. The summed E-state index contributed by atoms with van der Waals surface area (Å²) in [5.74, 6) is -0.719. The average molecular weight is 364 g/mol. The quantitative estimate of drug-likeness (QED) is 0.444. The van der Waals surface area contributed by atoms with Gasteiger partial charge in [0.25, 0.3) is 0 Å². The largest absolute Gasteiger partial charge is 0.466 e. The van der Waals surface area contributed by atoms with Crippen LogP contribution in [0.4, 0.5) is 0 Å². The third-order valence-corrected chi connectivity index (χ3v) is 4.00. The highest BCUT2D eigenvalue weighted by Gasteiger charge is 2.23. The molecule has 6 heteroatoms. The minimum absolute atomic E-state index is 0.105. The van der Waals surface area contributed by atoms with Crippen molar-refractivity contribution < 1.29 is 28.5 Å². The van der Waals surface area contributed by atoms with Crippen molar-refractivity contribution in [1.29, 1.82) is 0 Å². The molecule has 26 heavy (non-hydrogen) atoms. The maximum absolute atomic E-state index is 12.1. The van der Waals surface area contributed by atoms with Gasteiger partial charge in [0.2, 0.25) is 0 Å². The van der Waals surface area contributed by atoms with Crippen LogP contribution in [0.25, 0.3) is 0 Å². The maximum atomic E-state index is 12.1. The zero-order chi connectivity index (χ0) is 18.6. The van der Waals surface area contributed by atoms with E-state index in [1.54, 1.807) is 6.92 Å². The van der Waals surface area contributed by atoms with Crippen LogP contribution in [0, 0.1) is 0 Å². The number of hydrogen-bond acceptors (Lipinski definition) is 6. The lowest BCUT2D eigenvalue weighted by Gasteiger charge is -2.27. The molecule has 0 saturated carbocycles. The standard InChI is InChI=1S/C20H28O6/c1-2-24-19(22)13-17(21)12-18(26-20-10-6-7-11-25-20)15-23-14-16-8-4-3-5-9-16/h3-5,8-9,18,20H,2,6-7,10-15H2,1H3/t18-,20-/m0/s1. The molecule has 1 aliphatic rings. The first-order chi connectivity index (χ1) is 12.7. The molecule has 0 aliphatic carbocycles. The lowest BCUT2D eigenvalue weighted by Crippen LogP contribution is -2.32. The minimum Gasteiger partial charge on any atom is -0.466 e. The lowest BCUT2D eigenvalue weighted by atomic mass is 10.1. The summed E-state index contributed by atoms with van der Waals surface area (Å²) in [6, 6.07) is 9.80. The van der Waals surface area contributed by atoms with E-state index < -0.39 is 12.1 Å². The molecule has 1 aromatic rings. The molecule has 0 N–H and O–H groups in total. The van der Waals surface area contributed by atoms with E-state index in [-0.39, 0.29) is 38.1 Å². The number of Topliss-reactive ketones (excluding diaryl/α,β-unsaturated/α-hetero) is 1. The van der Waals surface area contributed by atoms with Crippen LogP contribution in [-0.4, -0.2) is 44.0 Å². The van der Waals surface area contributed by atoms with Crippen molar-refractivity contribution in [2.24, 2.45) is 0 Å². The summed E-state index contributed by atoms with van der Waals surface area (Å²) in [7, 11) is 0. The zero-order valence-electron chi connectivity index (χ0n) is 15.4. The fourth-order valence-electron chi connectivity index (χ4n) is 2.76. The Balaban J connectivity index is 1.83. The van der Waals surface area contributed by atoms with Crippen LogP contribution >= 0.6 is 0 Å². The van der Waals surface area contributed by atoms with Gasteiger partial charge in [0, 0.05) is 13.0 Å². The first-order valence-corrected chi connectivity index (χ1v) is 9.23. The molecule has 2 rings (SSSR count). The molecule has 1 fully saturated rings. The third-order valence-electron chi connectivity index (χ3n) is 4.00. The molecule has 0 radical (unpaired) electrons. The van der Waals surface area contributed by atoms with Crippen molar-refractivity contribution >= 4 is 11.8 Å². The van der Waals surface area contributed by atoms with Gasteiger partial charge < -0.3 is 18.9 Å². The highest BCUT2D eigenvalue weighted by atomic mass is 16.7. The van der Waals surface area contributed by atoms with Gasteiger partial charge in [-0.2, -0.15) is 0 Å². The highest BCUT2D eigenvalue weighted by Crippen LogP contribution is 2.18. The monoisotopic (exact) mass is 364 g/mol. The predicted molar refractivity (Wildman–Crippen MR) is 95.4 cm³/mol. The molecule has 0 bridgehead atoms. The average Bonchev–Trinajstić information content (AvgIpc) is 2.63. The van der Waals surface area contributed by atoms with Gasteiger partial charge in [0.05, 0.1) is 25.9 Å². The van der Waals surface area contributed by atoms with Gasteiger partial charge in [-0.1, -0.05) is 30.3 Å². The summed E-state index contributed by atoms with van der Waals surface area (Å²) in [5, 5.41) is 0. The van der Waals surface area contributed by atoms with Gasteiger partial charge in [0.15, 0.2) is 6.29 Å². The number of rotatable bonds is 11. The Morgan fingerprint density at radius 3 is 2.73 bits per heavy atom. The second-order valence-corrected chi connectivity index (χ2v) is 6.28. The van der Waals surface area contributed by atoms with Crippen LogP contribution in [0.15, 0.2) is 30.3 Å².